The number of halogens is 3. The number of hydrogen-bond donors (Lipinski definition) is 1. The van der Waals surface area contributed by atoms with E-state index in [1.807, 2.05) is 0 Å². The predicted octanol–water partition coefficient (Wildman–Crippen LogP) is 2.55. The molecule has 0 unspecified atom stereocenters. The first-order valence-electron chi connectivity index (χ1n) is 6.81. The van der Waals surface area contributed by atoms with Crippen molar-refractivity contribution in [2.75, 3.05) is 7.05 Å². The van der Waals surface area contributed by atoms with Gasteiger partial charge in [-0.2, -0.15) is 18.3 Å². The molecule has 9 heteroatoms. The molecular weight excluding hydrogens is 329 g/mol. The summed E-state index contributed by atoms with van der Waals surface area (Å²) in [5, 5.41) is 13.3. The van der Waals surface area contributed by atoms with E-state index in [2.05, 4.69) is 5.10 Å². The second-order valence-corrected chi connectivity index (χ2v) is 5.59. The van der Waals surface area contributed by atoms with E-state index >= 15 is 0 Å². The number of benzene rings is 1. The molecule has 0 bridgehead atoms. The Morgan fingerprint density at radius 2 is 1.96 bits per heavy atom. The van der Waals surface area contributed by atoms with Gasteiger partial charge in [0, 0.05) is 13.6 Å². The second-order valence-electron chi connectivity index (χ2n) is 5.23. The van der Waals surface area contributed by atoms with E-state index in [0.29, 0.717) is 10.6 Å². The summed E-state index contributed by atoms with van der Waals surface area (Å²) in [4.78, 5) is 1.68. The number of aliphatic hydroxyl groups excluding tert-OH is 1. The molecule has 0 aliphatic rings. The molecule has 2 rings (SSSR count). The molecule has 0 saturated heterocycles. The van der Waals surface area contributed by atoms with Crippen LogP contribution in [-0.2, 0) is 33.0 Å². The zero-order chi connectivity index (χ0) is 17.2. The van der Waals surface area contributed by atoms with Crippen molar-refractivity contribution in [1.29, 1.82) is 0 Å². The summed E-state index contributed by atoms with van der Waals surface area (Å²) in [6.45, 7) is 0.0646. The van der Waals surface area contributed by atoms with Crippen LogP contribution in [0.15, 0.2) is 24.3 Å². The summed E-state index contributed by atoms with van der Waals surface area (Å²) in [7, 11) is 3.36. The third-order valence-corrected chi connectivity index (χ3v) is 3.90. The average molecular weight is 346 g/mol. The fourth-order valence-corrected chi connectivity index (χ4v) is 2.47. The van der Waals surface area contributed by atoms with Crippen molar-refractivity contribution in [2.24, 2.45) is 7.05 Å². The lowest BCUT2D eigenvalue weighted by atomic mass is 10.1. The molecule has 0 amide bonds. The lowest BCUT2D eigenvalue weighted by Gasteiger charge is -2.19. The summed E-state index contributed by atoms with van der Waals surface area (Å²) in [6, 6.07) is 5.47. The van der Waals surface area contributed by atoms with Crippen molar-refractivity contribution in [1.82, 2.24) is 19.2 Å². The van der Waals surface area contributed by atoms with Crippen molar-refractivity contribution in [2.45, 2.75) is 26.0 Å². The van der Waals surface area contributed by atoms with Crippen LogP contribution >= 0.6 is 12.2 Å². The van der Waals surface area contributed by atoms with Gasteiger partial charge in [-0.15, -0.1) is 0 Å². The van der Waals surface area contributed by atoms with Gasteiger partial charge in [-0.3, -0.25) is 4.90 Å². The first kappa shape index (κ1) is 17.6. The van der Waals surface area contributed by atoms with Gasteiger partial charge in [0.25, 0.3) is 0 Å². The van der Waals surface area contributed by atoms with Gasteiger partial charge in [0.1, 0.15) is 6.61 Å². The zero-order valence-corrected chi connectivity index (χ0v) is 13.5. The summed E-state index contributed by atoms with van der Waals surface area (Å²) in [6.07, 6.45) is -4.39. The van der Waals surface area contributed by atoms with Crippen molar-refractivity contribution >= 4 is 12.2 Å². The molecule has 0 aliphatic carbocycles. The smallest absolute Gasteiger partial charge is 0.388 e. The summed E-state index contributed by atoms with van der Waals surface area (Å²) in [5.41, 5.74) is -0.458. The average Bonchev–Trinajstić information content (AvgIpc) is 2.74. The van der Waals surface area contributed by atoms with Gasteiger partial charge in [0.15, 0.2) is 10.6 Å². The van der Waals surface area contributed by atoms with E-state index < -0.39 is 11.7 Å². The fourth-order valence-electron chi connectivity index (χ4n) is 2.27. The Morgan fingerprint density at radius 3 is 2.52 bits per heavy atom. The third kappa shape index (κ3) is 3.98. The van der Waals surface area contributed by atoms with Crippen LogP contribution in [0.25, 0.3) is 0 Å². The van der Waals surface area contributed by atoms with E-state index in [-0.39, 0.29) is 25.4 Å². The highest BCUT2D eigenvalue weighted by atomic mass is 32.1. The molecule has 23 heavy (non-hydrogen) atoms. The summed E-state index contributed by atoms with van der Waals surface area (Å²) >= 11 is 5.19. The van der Waals surface area contributed by atoms with Crippen LogP contribution < -0.4 is 0 Å². The van der Waals surface area contributed by atoms with Gasteiger partial charge < -0.3 is 9.67 Å². The van der Waals surface area contributed by atoms with Gasteiger partial charge >= 0.3 is 6.18 Å². The number of nitrogens with zero attached hydrogens (tertiary/aromatic N) is 4. The number of hydrogen-bond acceptors (Lipinski definition) is 4. The quantitative estimate of drug-likeness (QED) is 0.846. The minimum atomic E-state index is -4.39. The van der Waals surface area contributed by atoms with Crippen LogP contribution in [0.1, 0.15) is 17.0 Å². The molecule has 1 N–H and O–H groups in total. The molecule has 0 saturated carbocycles. The summed E-state index contributed by atoms with van der Waals surface area (Å²) in [5.74, 6) is 0.402. The molecular formula is C14H17F3N4OS. The van der Waals surface area contributed by atoms with Crippen LogP contribution in [0.2, 0.25) is 0 Å². The molecule has 5 nitrogen and oxygen atoms in total. The summed E-state index contributed by atoms with van der Waals surface area (Å²) < 4.78 is 42.4. The lowest BCUT2D eigenvalue weighted by Crippen LogP contribution is -2.24. The van der Waals surface area contributed by atoms with E-state index in [4.69, 9.17) is 17.3 Å². The number of alkyl halides is 3. The minimum absolute atomic E-state index is 0.0997. The maximum atomic E-state index is 13.0. The molecule has 0 spiro atoms. The monoisotopic (exact) mass is 346 g/mol. The highest BCUT2D eigenvalue weighted by molar-refractivity contribution is 7.71. The third-order valence-electron chi connectivity index (χ3n) is 3.41. The van der Waals surface area contributed by atoms with Gasteiger partial charge in [-0.25, -0.2) is 4.68 Å². The van der Waals surface area contributed by atoms with E-state index in [0.717, 1.165) is 6.07 Å². The molecule has 126 valence electrons. The Morgan fingerprint density at radius 1 is 1.30 bits per heavy atom. The first-order valence-corrected chi connectivity index (χ1v) is 7.22. The van der Waals surface area contributed by atoms with Crippen LogP contribution in [0, 0.1) is 4.77 Å². The van der Waals surface area contributed by atoms with Gasteiger partial charge in [0.05, 0.1) is 12.2 Å². The number of aromatic nitrogens is 3. The van der Waals surface area contributed by atoms with E-state index in [1.165, 1.54) is 16.8 Å². The highest BCUT2D eigenvalue weighted by Crippen LogP contribution is 2.32. The molecule has 1 heterocycles. The van der Waals surface area contributed by atoms with Crippen LogP contribution in [0.4, 0.5) is 13.2 Å². The first-order chi connectivity index (χ1) is 10.7. The van der Waals surface area contributed by atoms with Crippen molar-refractivity contribution in [3.8, 4) is 0 Å². The lowest BCUT2D eigenvalue weighted by molar-refractivity contribution is -0.138. The van der Waals surface area contributed by atoms with Crippen molar-refractivity contribution in [3.05, 3.63) is 46.0 Å². The molecule has 0 fully saturated rings. The largest absolute Gasteiger partial charge is 0.416 e. The maximum absolute atomic E-state index is 13.0. The Labute approximate surface area is 136 Å². The molecule has 1 aromatic carbocycles. The van der Waals surface area contributed by atoms with Gasteiger partial charge in [-0.1, -0.05) is 18.2 Å². The molecule has 0 radical (unpaired) electrons. The Bertz CT molecular complexity index is 738. The van der Waals surface area contributed by atoms with Crippen LogP contribution in [0.5, 0.6) is 0 Å². The maximum Gasteiger partial charge on any atom is 0.416 e. The minimum Gasteiger partial charge on any atom is -0.388 e. The Balaban J connectivity index is 2.18. The van der Waals surface area contributed by atoms with Gasteiger partial charge in [0.2, 0.25) is 0 Å². The molecule has 2 aromatic rings. The standard InChI is InChI=1S/C14H17F3N4OS/c1-19(9-21-13(23)20(2)12(8-22)18-21)7-10-5-3-4-6-11(10)14(15,16)17/h3-6,22H,7-9H2,1-2H3. The number of rotatable bonds is 5. The van der Waals surface area contributed by atoms with Crippen molar-refractivity contribution in [3.63, 3.8) is 0 Å². The SMILES string of the molecule is CN(Cc1ccccc1C(F)(F)F)Cn1nc(CO)n(C)c1=S. The van der Waals surface area contributed by atoms with Crippen molar-refractivity contribution < 1.29 is 18.3 Å². The molecule has 1 aromatic heterocycles. The fraction of sp³-hybridized carbons (Fsp3) is 0.429. The second kappa shape index (κ2) is 6.81. The molecule has 0 aliphatic heterocycles. The topological polar surface area (TPSA) is 46.2 Å². The normalized spacial score (nSPS) is 12.1. The van der Waals surface area contributed by atoms with E-state index in [9.17, 15) is 13.2 Å². The highest BCUT2D eigenvalue weighted by Gasteiger charge is 2.33. The number of aliphatic hydroxyl groups is 1. The van der Waals surface area contributed by atoms with Crippen LogP contribution in [-0.4, -0.2) is 31.4 Å². The Hall–Kier alpha value is -1.71. The van der Waals surface area contributed by atoms with Gasteiger partial charge in [-0.05, 0) is 30.9 Å². The van der Waals surface area contributed by atoms with E-state index in [1.54, 1.807) is 29.6 Å². The molecule has 0 atom stereocenters. The zero-order valence-electron chi connectivity index (χ0n) is 12.7. The van der Waals surface area contributed by atoms with Crippen LogP contribution in [0.3, 0.4) is 0 Å². The Kier molecular flexibility index (Phi) is 5.23. The predicted molar refractivity (Wildman–Crippen MR) is 80.9 cm³/mol.